The Hall–Kier alpha value is -1.39. The van der Waals surface area contributed by atoms with Gasteiger partial charge in [-0.05, 0) is 74.4 Å². The van der Waals surface area contributed by atoms with Crippen LogP contribution in [-0.4, -0.2) is 5.91 Å². The van der Waals surface area contributed by atoms with Crippen LogP contribution in [0.3, 0.4) is 0 Å². The lowest BCUT2D eigenvalue weighted by molar-refractivity contribution is 0.102. The molecule has 2 aromatic carbocycles. The lowest BCUT2D eigenvalue weighted by atomic mass is 10.1. The third-order valence-electron chi connectivity index (χ3n) is 2.67. The van der Waals surface area contributed by atoms with Gasteiger partial charge < -0.3 is 5.32 Å². The van der Waals surface area contributed by atoms with Crippen molar-refractivity contribution >= 4 is 50.1 Å². The summed E-state index contributed by atoms with van der Waals surface area (Å²) in [6.07, 6.45) is 0.372. The topological polar surface area (TPSA) is 52.9 Å². The number of carbonyl (C=O) groups is 1. The summed E-state index contributed by atoms with van der Waals surface area (Å²) >= 11 is 5.54. The molecule has 0 aliphatic heterocycles. The molecule has 20 heavy (non-hydrogen) atoms. The maximum absolute atomic E-state index is 12.2. The minimum Gasteiger partial charge on any atom is -0.322 e. The number of nitrogens with one attached hydrogen (secondary N) is 1. The Bertz CT molecular complexity index is 677. The molecule has 0 bridgehead atoms. The van der Waals surface area contributed by atoms with E-state index < -0.39 is 0 Å². The van der Waals surface area contributed by atoms with Crippen molar-refractivity contribution in [3.8, 4) is 6.07 Å². The van der Waals surface area contributed by atoms with Gasteiger partial charge in [0.2, 0.25) is 0 Å². The van der Waals surface area contributed by atoms with Crippen LogP contribution in [0, 0.1) is 14.9 Å². The van der Waals surface area contributed by atoms with Crippen LogP contribution in [0.5, 0.6) is 0 Å². The van der Waals surface area contributed by atoms with E-state index in [1.54, 1.807) is 12.1 Å². The smallest absolute Gasteiger partial charge is 0.256 e. The van der Waals surface area contributed by atoms with Crippen molar-refractivity contribution in [1.82, 2.24) is 0 Å². The number of nitriles is 1. The van der Waals surface area contributed by atoms with Gasteiger partial charge in [-0.25, -0.2) is 0 Å². The fourth-order valence-electron chi connectivity index (χ4n) is 1.67. The molecule has 0 unspecified atom stereocenters. The summed E-state index contributed by atoms with van der Waals surface area (Å²) in [4.78, 5) is 12.2. The highest BCUT2D eigenvalue weighted by Gasteiger charge is 2.10. The maximum Gasteiger partial charge on any atom is 0.256 e. The van der Waals surface area contributed by atoms with Gasteiger partial charge in [0.15, 0.2) is 0 Å². The maximum atomic E-state index is 12.2. The zero-order chi connectivity index (χ0) is 14.5. The molecule has 0 heterocycles. The predicted molar refractivity (Wildman–Crippen MR) is 90.6 cm³/mol. The average Bonchev–Trinajstić information content (AvgIpc) is 2.44. The monoisotopic (exact) mass is 440 g/mol. The zero-order valence-corrected chi connectivity index (χ0v) is 14.1. The zero-order valence-electron chi connectivity index (χ0n) is 10.4. The minimum atomic E-state index is -0.163. The van der Waals surface area contributed by atoms with Crippen molar-refractivity contribution in [3.63, 3.8) is 0 Å². The van der Waals surface area contributed by atoms with Crippen LogP contribution in [0.1, 0.15) is 15.9 Å². The van der Waals surface area contributed by atoms with Crippen molar-refractivity contribution in [2.75, 3.05) is 5.32 Å². The first-order valence-corrected chi connectivity index (χ1v) is 7.69. The van der Waals surface area contributed by atoms with E-state index in [1.165, 1.54) is 0 Å². The third kappa shape index (κ3) is 3.81. The fraction of sp³-hybridized carbons (Fsp3) is 0.0667. The van der Waals surface area contributed by atoms with Crippen LogP contribution in [0.2, 0.25) is 0 Å². The molecule has 2 rings (SSSR count). The summed E-state index contributed by atoms with van der Waals surface area (Å²) in [6.45, 7) is 0. The van der Waals surface area contributed by atoms with Crippen molar-refractivity contribution in [2.45, 2.75) is 6.42 Å². The molecule has 2 aromatic rings. The SMILES string of the molecule is N#CCc1ccc(NC(=O)c2cc(I)ccc2Br)cc1. The van der Waals surface area contributed by atoms with Crippen molar-refractivity contribution in [2.24, 2.45) is 0 Å². The first-order valence-electron chi connectivity index (χ1n) is 5.82. The van der Waals surface area contributed by atoms with E-state index in [-0.39, 0.29) is 5.91 Å². The molecule has 0 atom stereocenters. The predicted octanol–water partition coefficient (Wildman–Crippen LogP) is 4.37. The Morgan fingerprint density at radius 2 is 1.95 bits per heavy atom. The molecule has 0 aromatic heterocycles. The quantitative estimate of drug-likeness (QED) is 0.720. The summed E-state index contributed by atoms with van der Waals surface area (Å²) < 4.78 is 1.76. The molecule has 0 aliphatic rings. The molecular formula is C15H10BrIN2O. The highest BCUT2D eigenvalue weighted by molar-refractivity contribution is 14.1. The molecule has 1 N–H and O–H groups in total. The molecule has 0 spiro atoms. The second-order valence-corrected chi connectivity index (χ2v) is 6.21. The molecule has 100 valence electrons. The number of carbonyl (C=O) groups excluding carboxylic acids is 1. The second kappa shape index (κ2) is 6.86. The van der Waals surface area contributed by atoms with Gasteiger partial charge >= 0.3 is 0 Å². The standard InChI is InChI=1S/C15H10BrIN2O/c16-14-6-3-11(17)9-13(14)15(20)19-12-4-1-10(2-5-12)7-8-18/h1-6,9H,7H2,(H,19,20). The van der Waals surface area contributed by atoms with Gasteiger partial charge in [-0.1, -0.05) is 12.1 Å². The molecule has 0 radical (unpaired) electrons. The van der Waals surface area contributed by atoms with E-state index in [4.69, 9.17) is 5.26 Å². The van der Waals surface area contributed by atoms with Crippen LogP contribution in [0.25, 0.3) is 0 Å². The molecule has 5 heteroatoms. The fourth-order valence-corrected chi connectivity index (χ4v) is 2.59. The minimum absolute atomic E-state index is 0.163. The van der Waals surface area contributed by atoms with E-state index in [0.717, 1.165) is 13.6 Å². The normalized spacial score (nSPS) is 9.85. The Balaban J connectivity index is 2.15. The van der Waals surface area contributed by atoms with Gasteiger partial charge in [0, 0.05) is 13.7 Å². The highest BCUT2D eigenvalue weighted by atomic mass is 127. The Morgan fingerprint density at radius 1 is 1.25 bits per heavy atom. The Kier molecular flexibility index (Phi) is 5.15. The summed E-state index contributed by atoms with van der Waals surface area (Å²) in [5.41, 5.74) is 2.24. The van der Waals surface area contributed by atoms with Gasteiger partial charge in [0.1, 0.15) is 0 Å². The number of hydrogen-bond acceptors (Lipinski definition) is 2. The first-order chi connectivity index (χ1) is 9.60. The van der Waals surface area contributed by atoms with Gasteiger partial charge in [0.05, 0.1) is 18.1 Å². The van der Waals surface area contributed by atoms with Crippen LogP contribution in [0.15, 0.2) is 46.9 Å². The van der Waals surface area contributed by atoms with Gasteiger partial charge in [-0.2, -0.15) is 5.26 Å². The number of hydrogen-bond donors (Lipinski definition) is 1. The second-order valence-electron chi connectivity index (χ2n) is 4.11. The molecule has 0 saturated carbocycles. The van der Waals surface area contributed by atoms with Crippen molar-refractivity contribution in [3.05, 3.63) is 61.6 Å². The Morgan fingerprint density at radius 3 is 2.60 bits per heavy atom. The number of benzene rings is 2. The summed E-state index contributed by atoms with van der Waals surface area (Å²) in [5.74, 6) is -0.163. The molecule has 3 nitrogen and oxygen atoms in total. The number of rotatable bonds is 3. The van der Waals surface area contributed by atoms with Crippen LogP contribution in [-0.2, 0) is 6.42 Å². The van der Waals surface area contributed by atoms with Gasteiger partial charge in [-0.15, -0.1) is 0 Å². The average molecular weight is 441 g/mol. The molecule has 0 saturated heterocycles. The lowest BCUT2D eigenvalue weighted by Crippen LogP contribution is -2.12. The van der Waals surface area contributed by atoms with E-state index in [9.17, 15) is 4.79 Å². The number of halogens is 2. The van der Waals surface area contributed by atoms with E-state index in [1.807, 2.05) is 30.3 Å². The molecule has 0 fully saturated rings. The van der Waals surface area contributed by atoms with E-state index in [0.29, 0.717) is 17.7 Å². The van der Waals surface area contributed by atoms with Crippen molar-refractivity contribution in [1.29, 1.82) is 5.26 Å². The number of nitrogens with zero attached hydrogens (tertiary/aromatic N) is 1. The summed E-state index contributed by atoms with van der Waals surface area (Å²) in [6, 6.07) is 15.0. The largest absolute Gasteiger partial charge is 0.322 e. The third-order valence-corrected chi connectivity index (χ3v) is 4.03. The summed E-state index contributed by atoms with van der Waals surface area (Å²) in [5, 5.41) is 11.5. The molecule has 1 amide bonds. The van der Waals surface area contributed by atoms with Gasteiger partial charge in [-0.3, -0.25) is 4.79 Å². The van der Waals surface area contributed by atoms with Crippen LogP contribution >= 0.6 is 38.5 Å². The highest BCUT2D eigenvalue weighted by Crippen LogP contribution is 2.21. The number of anilines is 1. The van der Waals surface area contributed by atoms with Gasteiger partial charge in [0.25, 0.3) is 5.91 Å². The Labute approximate surface area is 139 Å². The molecule has 0 aliphatic carbocycles. The lowest BCUT2D eigenvalue weighted by Gasteiger charge is -2.08. The number of amides is 1. The van der Waals surface area contributed by atoms with Crippen molar-refractivity contribution < 1.29 is 4.79 Å². The molecular weight excluding hydrogens is 431 g/mol. The van der Waals surface area contributed by atoms with E-state index >= 15 is 0 Å². The van der Waals surface area contributed by atoms with Crippen LogP contribution < -0.4 is 5.32 Å². The summed E-state index contributed by atoms with van der Waals surface area (Å²) in [7, 11) is 0. The first kappa shape index (κ1) is 15.0. The van der Waals surface area contributed by atoms with Crippen LogP contribution in [0.4, 0.5) is 5.69 Å². The van der Waals surface area contributed by atoms with E-state index in [2.05, 4.69) is 49.9 Å².